The van der Waals surface area contributed by atoms with Gasteiger partial charge in [0, 0.05) is 31.1 Å². The molecule has 5 heteroatoms. The molecule has 2 aliphatic rings. The van der Waals surface area contributed by atoms with E-state index in [1.807, 2.05) is 6.92 Å². The van der Waals surface area contributed by atoms with Gasteiger partial charge in [-0.3, -0.25) is 4.90 Å². The van der Waals surface area contributed by atoms with Gasteiger partial charge in [0.05, 0.1) is 23.4 Å². The molecular weight excluding hydrogens is 248 g/mol. The molecule has 1 saturated carbocycles. The molecule has 1 aromatic heterocycles. The molecule has 2 fully saturated rings. The van der Waals surface area contributed by atoms with Crippen molar-refractivity contribution in [1.82, 2.24) is 9.88 Å². The van der Waals surface area contributed by atoms with Crippen LogP contribution in [-0.4, -0.2) is 46.9 Å². The zero-order chi connectivity index (χ0) is 12.5. The van der Waals surface area contributed by atoms with Gasteiger partial charge >= 0.3 is 0 Å². The minimum atomic E-state index is 0.292. The number of hydrogen-bond acceptors (Lipinski definition) is 5. The zero-order valence-electron chi connectivity index (χ0n) is 10.7. The van der Waals surface area contributed by atoms with Crippen molar-refractivity contribution in [1.29, 1.82) is 0 Å². The van der Waals surface area contributed by atoms with E-state index in [2.05, 4.69) is 15.3 Å². The van der Waals surface area contributed by atoms with Crippen LogP contribution in [0.1, 0.15) is 23.5 Å². The van der Waals surface area contributed by atoms with Crippen molar-refractivity contribution in [3.63, 3.8) is 0 Å². The maximum absolute atomic E-state index is 9.31. The highest BCUT2D eigenvalue weighted by molar-refractivity contribution is 7.09. The fraction of sp³-hybridized carbons (Fsp3) is 0.769. The fourth-order valence-corrected chi connectivity index (χ4v) is 3.76. The molecule has 18 heavy (non-hydrogen) atoms. The topological polar surface area (TPSA) is 45.6 Å². The Morgan fingerprint density at radius 1 is 1.56 bits per heavy atom. The van der Waals surface area contributed by atoms with Crippen LogP contribution in [0.4, 0.5) is 0 Å². The first kappa shape index (κ1) is 12.5. The minimum absolute atomic E-state index is 0.292. The van der Waals surface area contributed by atoms with E-state index >= 15 is 0 Å². The molecule has 0 aromatic carbocycles. The van der Waals surface area contributed by atoms with E-state index in [1.54, 1.807) is 11.3 Å². The molecule has 0 spiro atoms. The Labute approximate surface area is 112 Å². The first-order valence-corrected chi connectivity index (χ1v) is 7.51. The fourth-order valence-electron chi connectivity index (χ4n) is 3.16. The molecule has 0 amide bonds. The lowest BCUT2D eigenvalue weighted by Crippen LogP contribution is -2.47. The summed E-state index contributed by atoms with van der Waals surface area (Å²) in [6.07, 6.45) is 2.38. The molecule has 1 unspecified atom stereocenters. The summed E-state index contributed by atoms with van der Waals surface area (Å²) in [7, 11) is 0. The van der Waals surface area contributed by atoms with Gasteiger partial charge in [-0.15, -0.1) is 11.3 Å². The maximum Gasteiger partial charge on any atom is 0.0897 e. The van der Waals surface area contributed by atoms with Crippen LogP contribution in [0.3, 0.4) is 0 Å². The second-order valence-corrected chi connectivity index (χ2v) is 6.39. The quantitative estimate of drug-likeness (QED) is 0.900. The number of aryl methyl sites for hydroxylation is 1. The van der Waals surface area contributed by atoms with Crippen LogP contribution in [0, 0.1) is 12.8 Å². The molecule has 100 valence electrons. The Balaban J connectivity index is 1.68. The van der Waals surface area contributed by atoms with Gasteiger partial charge in [0.1, 0.15) is 0 Å². The smallest absolute Gasteiger partial charge is 0.0897 e. The van der Waals surface area contributed by atoms with Crippen molar-refractivity contribution in [2.24, 2.45) is 5.92 Å². The zero-order valence-corrected chi connectivity index (χ0v) is 11.5. The maximum atomic E-state index is 9.31. The molecule has 0 radical (unpaired) electrons. The van der Waals surface area contributed by atoms with Crippen molar-refractivity contribution < 1.29 is 9.84 Å². The number of aromatic nitrogens is 1. The Bertz CT molecular complexity index is 409. The van der Waals surface area contributed by atoms with Crippen molar-refractivity contribution in [2.45, 2.75) is 38.5 Å². The lowest BCUT2D eigenvalue weighted by Gasteiger charge is -2.37. The van der Waals surface area contributed by atoms with Crippen LogP contribution in [0.25, 0.3) is 0 Å². The summed E-state index contributed by atoms with van der Waals surface area (Å²) < 4.78 is 5.84. The molecule has 1 aromatic rings. The summed E-state index contributed by atoms with van der Waals surface area (Å²) in [5.41, 5.74) is 1.17. The number of rotatable bonds is 3. The second kappa shape index (κ2) is 5.25. The third-order valence-corrected chi connectivity index (χ3v) is 4.86. The second-order valence-electron chi connectivity index (χ2n) is 5.32. The lowest BCUT2D eigenvalue weighted by atomic mass is 10.1. The van der Waals surface area contributed by atoms with E-state index in [4.69, 9.17) is 4.74 Å². The van der Waals surface area contributed by atoms with Gasteiger partial charge in [-0.05, 0) is 25.7 Å². The number of ether oxygens (including phenoxy) is 1. The number of morpholine rings is 1. The van der Waals surface area contributed by atoms with Gasteiger partial charge in [-0.2, -0.15) is 0 Å². The van der Waals surface area contributed by atoms with Crippen LogP contribution in [0.2, 0.25) is 0 Å². The van der Waals surface area contributed by atoms with Crippen LogP contribution in [0.5, 0.6) is 0 Å². The van der Waals surface area contributed by atoms with E-state index in [1.165, 1.54) is 5.69 Å². The number of thiazole rings is 1. The van der Waals surface area contributed by atoms with Gasteiger partial charge in [0.2, 0.25) is 0 Å². The van der Waals surface area contributed by atoms with E-state index < -0.39 is 0 Å². The van der Waals surface area contributed by atoms with Crippen molar-refractivity contribution >= 4 is 11.3 Å². The number of aliphatic hydroxyl groups is 1. The first-order chi connectivity index (χ1) is 8.76. The summed E-state index contributed by atoms with van der Waals surface area (Å²) in [4.78, 5) is 7.03. The van der Waals surface area contributed by atoms with E-state index in [0.717, 1.165) is 37.5 Å². The SMILES string of the molecule is Cc1nc(CN2CCOC3C[C@H](CO)C[C@@H]32)cs1. The van der Waals surface area contributed by atoms with Gasteiger partial charge in [0.25, 0.3) is 0 Å². The Kier molecular flexibility index (Phi) is 3.66. The summed E-state index contributed by atoms with van der Waals surface area (Å²) in [5.74, 6) is 0.415. The van der Waals surface area contributed by atoms with Crippen molar-refractivity contribution in [2.75, 3.05) is 19.8 Å². The van der Waals surface area contributed by atoms with Gasteiger partial charge in [-0.25, -0.2) is 4.98 Å². The molecular formula is C13H20N2O2S. The van der Waals surface area contributed by atoms with E-state index in [-0.39, 0.29) is 0 Å². The average Bonchev–Trinajstić information content (AvgIpc) is 2.96. The Morgan fingerprint density at radius 3 is 3.17 bits per heavy atom. The normalized spacial score (nSPS) is 32.7. The molecule has 3 atom stereocenters. The average molecular weight is 268 g/mol. The molecule has 0 bridgehead atoms. The molecule has 1 aliphatic heterocycles. The minimum Gasteiger partial charge on any atom is -0.396 e. The monoisotopic (exact) mass is 268 g/mol. The first-order valence-electron chi connectivity index (χ1n) is 6.64. The van der Waals surface area contributed by atoms with Crippen LogP contribution >= 0.6 is 11.3 Å². The summed E-state index contributed by atoms with van der Waals surface area (Å²) in [6, 6.07) is 0.470. The molecule has 1 saturated heterocycles. The highest BCUT2D eigenvalue weighted by Crippen LogP contribution is 2.34. The van der Waals surface area contributed by atoms with Gasteiger partial charge in [0.15, 0.2) is 0 Å². The van der Waals surface area contributed by atoms with Crippen molar-refractivity contribution in [3.05, 3.63) is 16.1 Å². The van der Waals surface area contributed by atoms with E-state index in [0.29, 0.717) is 24.7 Å². The van der Waals surface area contributed by atoms with Crippen molar-refractivity contribution in [3.8, 4) is 0 Å². The van der Waals surface area contributed by atoms with Gasteiger partial charge in [-0.1, -0.05) is 0 Å². The summed E-state index contributed by atoms with van der Waals surface area (Å²) >= 11 is 1.71. The number of aliphatic hydroxyl groups excluding tert-OH is 1. The highest BCUT2D eigenvalue weighted by atomic mass is 32.1. The van der Waals surface area contributed by atoms with Crippen LogP contribution in [-0.2, 0) is 11.3 Å². The number of hydrogen-bond donors (Lipinski definition) is 1. The molecule has 4 nitrogen and oxygen atoms in total. The Hall–Kier alpha value is -0.490. The lowest BCUT2D eigenvalue weighted by molar-refractivity contribution is -0.0593. The molecule has 3 rings (SSSR count). The predicted octanol–water partition coefficient (Wildman–Crippen LogP) is 1.42. The molecule has 1 aliphatic carbocycles. The standard InChI is InChI=1S/C13H20N2O2S/c1-9-14-11(8-18-9)6-15-2-3-17-13-5-10(7-16)4-12(13)15/h8,10,12-13,16H,2-7H2,1H3/t10-,12+,13?/m1/s1. The third-order valence-electron chi connectivity index (χ3n) is 4.04. The molecule has 1 N–H and O–H groups in total. The molecule has 2 heterocycles. The largest absolute Gasteiger partial charge is 0.396 e. The number of fused-ring (bicyclic) bond motifs is 1. The van der Waals surface area contributed by atoms with Crippen LogP contribution < -0.4 is 0 Å². The third kappa shape index (κ3) is 2.45. The predicted molar refractivity (Wildman–Crippen MR) is 70.6 cm³/mol. The number of nitrogens with zero attached hydrogens (tertiary/aromatic N) is 2. The van der Waals surface area contributed by atoms with E-state index in [9.17, 15) is 5.11 Å². The highest BCUT2D eigenvalue weighted by Gasteiger charge is 2.40. The summed E-state index contributed by atoms with van der Waals surface area (Å²) in [5, 5.41) is 12.6. The van der Waals surface area contributed by atoms with Crippen LogP contribution in [0.15, 0.2) is 5.38 Å². The Morgan fingerprint density at radius 2 is 2.44 bits per heavy atom. The summed E-state index contributed by atoms with van der Waals surface area (Å²) in [6.45, 7) is 5.05. The van der Waals surface area contributed by atoms with Gasteiger partial charge < -0.3 is 9.84 Å².